The summed E-state index contributed by atoms with van der Waals surface area (Å²) in [4.78, 5) is 12.2. The largest absolute Gasteiger partial charge is 0.496 e. The lowest BCUT2D eigenvalue weighted by atomic mass is 9.89. The van der Waals surface area contributed by atoms with Crippen molar-refractivity contribution >= 4 is 5.91 Å². The zero-order valence-electron chi connectivity index (χ0n) is 16.5. The molecule has 29 heavy (non-hydrogen) atoms. The summed E-state index contributed by atoms with van der Waals surface area (Å²) in [6, 6.07) is 15.2. The molecule has 1 heterocycles. The molecule has 148 valence electrons. The lowest BCUT2D eigenvalue weighted by Gasteiger charge is -2.19. The minimum absolute atomic E-state index is 0.0360. The van der Waals surface area contributed by atoms with Crippen LogP contribution in [0.3, 0.4) is 0 Å². The van der Waals surface area contributed by atoms with Crippen LogP contribution in [-0.4, -0.2) is 19.6 Å². The number of fused-ring (bicyclic) bond motifs is 1. The fraction of sp³-hybridized carbons (Fsp3) is 0.208. The summed E-state index contributed by atoms with van der Waals surface area (Å²) < 4.78 is 19.9. The molecule has 0 atom stereocenters. The van der Waals surface area contributed by atoms with Crippen LogP contribution in [0.2, 0.25) is 0 Å². The van der Waals surface area contributed by atoms with Crippen LogP contribution in [-0.2, 0) is 13.0 Å². The van der Waals surface area contributed by atoms with Crippen LogP contribution in [0.25, 0.3) is 22.3 Å². The van der Waals surface area contributed by atoms with E-state index in [0.29, 0.717) is 17.9 Å². The van der Waals surface area contributed by atoms with Gasteiger partial charge in [0.2, 0.25) is 0 Å². The molecule has 1 amide bonds. The number of amides is 1. The fourth-order valence-corrected chi connectivity index (χ4v) is 3.99. The Morgan fingerprint density at radius 1 is 1.07 bits per heavy atom. The van der Waals surface area contributed by atoms with Crippen molar-refractivity contribution in [2.24, 2.45) is 5.73 Å². The standard InChI is InChI=1S/C24H23FN2O2/c1-14-18(16-7-6-15-8-9-27-24(28)20(15)10-16)4-3-5-19(14)17-11-22(25)21(13-26)23(12-17)29-2/h3-7,10-12H,8-9,13,26H2,1-2H3,(H,27,28). The van der Waals surface area contributed by atoms with Crippen molar-refractivity contribution in [3.63, 3.8) is 0 Å². The van der Waals surface area contributed by atoms with E-state index in [4.69, 9.17) is 10.5 Å². The van der Waals surface area contributed by atoms with E-state index in [0.717, 1.165) is 45.4 Å². The predicted molar refractivity (Wildman–Crippen MR) is 112 cm³/mol. The topological polar surface area (TPSA) is 64.3 Å². The van der Waals surface area contributed by atoms with Gasteiger partial charge in [-0.3, -0.25) is 4.79 Å². The first kappa shape index (κ1) is 19.2. The van der Waals surface area contributed by atoms with E-state index in [-0.39, 0.29) is 18.3 Å². The van der Waals surface area contributed by atoms with E-state index >= 15 is 0 Å². The maximum Gasteiger partial charge on any atom is 0.251 e. The number of hydrogen-bond donors (Lipinski definition) is 2. The first-order valence-electron chi connectivity index (χ1n) is 9.61. The van der Waals surface area contributed by atoms with Crippen LogP contribution in [0.1, 0.15) is 27.0 Å². The molecule has 0 unspecified atom stereocenters. The van der Waals surface area contributed by atoms with Gasteiger partial charge in [-0.1, -0.05) is 30.3 Å². The average molecular weight is 390 g/mol. The minimum Gasteiger partial charge on any atom is -0.496 e. The van der Waals surface area contributed by atoms with E-state index in [1.54, 1.807) is 0 Å². The third kappa shape index (κ3) is 3.38. The van der Waals surface area contributed by atoms with Crippen molar-refractivity contribution in [3.8, 4) is 28.0 Å². The Labute approximate surface area is 169 Å². The molecule has 3 N–H and O–H groups in total. The highest BCUT2D eigenvalue weighted by Crippen LogP contribution is 2.36. The van der Waals surface area contributed by atoms with Crippen LogP contribution in [0.15, 0.2) is 48.5 Å². The van der Waals surface area contributed by atoms with Gasteiger partial charge < -0.3 is 15.8 Å². The SMILES string of the molecule is COc1cc(-c2cccc(-c3ccc4c(c3)C(=O)NCC4)c2C)cc(F)c1CN. The molecule has 4 rings (SSSR count). The quantitative estimate of drug-likeness (QED) is 0.701. The minimum atomic E-state index is -0.378. The predicted octanol–water partition coefficient (Wildman–Crippen LogP) is 4.22. The molecule has 0 radical (unpaired) electrons. The van der Waals surface area contributed by atoms with Gasteiger partial charge in [0.05, 0.1) is 7.11 Å². The van der Waals surface area contributed by atoms with Gasteiger partial charge >= 0.3 is 0 Å². The van der Waals surface area contributed by atoms with Gasteiger partial charge in [-0.05, 0) is 64.9 Å². The summed E-state index contributed by atoms with van der Waals surface area (Å²) in [5.74, 6) is 0.0287. The van der Waals surface area contributed by atoms with Crippen molar-refractivity contribution in [3.05, 3.63) is 76.6 Å². The van der Waals surface area contributed by atoms with Gasteiger partial charge in [0.1, 0.15) is 11.6 Å². The molecule has 0 bridgehead atoms. The second kappa shape index (κ2) is 7.68. The number of halogens is 1. The van der Waals surface area contributed by atoms with Crippen LogP contribution < -0.4 is 15.8 Å². The molecule has 4 nitrogen and oxygen atoms in total. The number of carbonyl (C=O) groups is 1. The first-order valence-corrected chi connectivity index (χ1v) is 9.61. The third-order valence-corrected chi connectivity index (χ3v) is 5.57. The molecular weight excluding hydrogens is 367 g/mol. The zero-order chi connectivity index (χ0) is 20.5. The van der Waals surface area contributed by atoms with Crippen molar-refractivity contribution < 1.29 is 13.9 Å². The Morgan fingerprint density at radius 3 is 2.55 bits per heavy atom. The molecule has 1 aliphatic rings. The van der Waals surface area contributed by atoms with Gasteiger partial charge in [-0.15, -0.1) is 0 Å². The summed E-state index contributed by atoms with van der Waals surface area (Å²) in [5, 5.41) is 2.89. The average Bonchev–Trinajstić information content (AvgIpc) is 2.73. The molecule has 0 spiro atoms. The molecule has 3 aromatic carbocycles. The lowest BCUT2D eigenvalue weighted by Crippen LogP contribution is -2.31. The summed E-state index contributed by atoms with van der Waals surface area (Å²) in [6.45, 7) is 2.75. The first-order chi connectivity index (χ1) is 14.0. The summed E-state index contributed by atoms with van der Waals surface area (Å²) in [5.41, 5.74) is 12.4. The van der Waals surface area contributed by atoms with Gasteiger partial charge in [-0.2, -0.15) is 0 Å². The number of ether oxygens (including phenoxy) is 1. The highest BCUT2D eigenvalue weighted by molar-refractivity contribution is 5.98. The number of nitrogens with two attached hydrogens (primary N) is 1. The van der Waals surface area contributed by atoms with E-state index in [1.807, 2.05) is 49.4 Å². The molecular formula is C24H23FN2O2. The number of methoxy groups -OCH3 is 1. The molecule has 0 saturated heterocycles. The normalized spacial score (nSPS) is 13.0. The lowest BCUT2D eigenvalue weighted by molar-refractivity contribution is 0.0946. The van der Waals surface area contributed by atoms with Crippen LogP contribution in [0.5, 0.6) is 5.75 Å². The third-order valence-electron chi connectivity index (χ3n) is 5.57. The zero-order valence-corrected chi connectivity index (χ0v) is 16.5. The van der Waals surface area contributed by atoms with E-state index < -0.39 is 0 Å². The number of hydrogen-bond acceptors (Lipinski definition) is 3. The Morgan fingerprint density at radius 2 is 1.83 bits per heavy atom. The Kier molecular flexibility index (Phi) is 5.07. The smallest absolute Gasteiger partial charge is 0.251 e. The van der Waals surface area contributed by atoms with E-state index in [9.17, 15) is 9.18 Å². The van der Waals surface area contributed by atoms with Crippen molar-refractivity contribution in [1.82, 2.24) is 5.32 Å². The number of rotatable bonds is 4. The molecule has 0 saturated carbocycles. The Balaban J connectivity index is 1.83. The van der Waals surface area contributed by atoms with Gasteiger partial charge in [0.25, 0.3) is 5.91 Å². The van der Waals surface area contributed by atoms with Crippen LogP contribution in [0, 0.1) is 12.7 Å². The van der Waals surface area contributed by atoms with E-state index in [1.165, 1.54) is 13.2 Å². The number of carbonyl (C=O) groups excluding carboxylic acids is 1. The maximum atomic E-state index is 14.6. The molecule has 5 heteroatoms. The van der Waals surface area contributed by atoms with Gasteiger partial charge in [0, 0.05) is 24.2 Å². The monoisotopic (exact) mass is 390 g/mol. The molecule has 3 aromatic rings. The Bertz CT molecular complexity index is 1110. The number of nitrogens with one attached hydrogen (secondary N) is 1. The number of benzene rings is 3. The van der Waals surface area contributed by atoms with Crippen molar-refractivity contribution in [2.45, 2.75) is 19.9 Å². The fourth-order valence-electron chi connectivity index (χ4n) is 3.99. The Hall–Kier alpha value is -3.18. The molecule has 0 aromatic heterocycles. The van der Waals surface area contributed by atoms with Crippen LogP contribution >= 0.6 is 0 Å². The van der Waals surface area contributed by atoms with Gasteiger partial charge in [0.15, 0.2) is 0 Å². The summed E-state index contributed by atoms with van der Waals surface area (Å²) >= 11 is 0. The highest BCUT2D eigenvalue weighted by Gasteiger charge is 2.19. The molecule has 0 fully saturated rings. The maximum absolute atomic E-state index is 14.6. The van der Waals surface area contributed by atoms with E-state index in [2.05, 4.69) is 5.32 Å². The summed E-state index contributed by atoms with van der Waals surface area (Å²) in [6.07, 6.45) is 0.840. The summed E-state index contributed by atoms with van der Waals surface area (Å²) in [7, 11) is 1.51. The highest BCUT2D eigenvalue weighted by atomic mass is 19.1. The van der Waals surface area contributed by atoms with Crippen molar-refractivity contribution in [1.29, 1.82) is 0 Å². The second-order valence-electron chi connectivity index (χ2n) is 7.20. The second-order valence-corrected chi connectivity index (χ2v) is 7.20. The van der Waals surface area contributed by atoms with Gasteiger partial charge in [-0.25, -0.2) is 4.39 Å². The molecule has 1 aliphatic heterocycles. The van der Waals surface area contributed by atoms with Crippen molar-refractivity contribution in [2.75, 3.05) is 13.7 Å². The molecule has 0 aliphatic carbocycles. The van der Waals surface area contributed by atoms with Crippen LogP contribution in [0.4, 0.5) is 4.39 Å².